The molecule has 3 aromatic rings. The minimum atomic E-state index is -0.125. The Hall–Kier alpha value is -2.44. The number of ketones is 1. The minimum absolute atomic E-state index is 0.0494. The molecule has 2 N–H and O–H groups in total. The smallest absolute Gasteiger partial charge is 0.199 e. The maximum absolute atomic E-state index is 12.4. The molecule has 6 heteroatoms. The number of Topliss-reactive ketones (excluding diaryl/α,β-unsaturated/α-hetero) is 1. The van der Waals surface area contributed by atoms with Gasteiger partial charge in [0.2, 0.25) is 0 Å². The van der Waals surface area contributed by atoms with Crippen LogP contribution in [-0.4, -0.2) is 32.9 Å². The van der Waals surface area contributed by atoms with Crippen LogP contribution >= 0.6 is 0 Å². The van der Waals surface area contributed by atoms with E-state index in [4.69, 9.17) is 9.52 Å². The van der Waals surface area contributed by atoms with E-state index < -0.39 is 0 Å². The maximum atomic E-state index is 12.4. The van der Waals surface area contributed by atoms with E-state index in [-0.39, 0.29) is 18.4 Å². The first kappa shape index (κ1) is 14.2. The molecule has 0 saturated carbocycles. The lowest BCUT2D eigenvalue weighted by Crippen LogP contribution is -2.30. The first-order valence-corrected chi connectivity index (χ1v) is 7.71. The van der Waals surface area contributed by atoms with Crippen LogP contribution in [0, 0.1) is 0 Å². The van der Waals surface area contributed by atoms with Gasteiger partial charge in [0.05, 0.1) is 6.04 Å². The van der Waals surface area contributed by atoms with E-state index in [9.17, 15) is 4.79 Å². The van der Waals surface area contributed by atoms with Crippen LogP contribution in [0.5, 0.6) is 0 Å². The van der Waals surface area contributed by atoms with Gasteiger partial charge in [-0.3, -0.25) is 4.79 Å². The van der Waals surface area contributed by atoms with Crippen LogP contribution in [-0.2, 0) is 6.61 Å². The second-order valence-corrected chi connectivity index (χ2v) is 5.75. The molecule has 0 aliphatic carbocycles. The van der Waals surface area contributed by atoms with Crippen molar-refractivity contribution < 1.29 is 14.3 Å². The van der Waals surface area contributed by atoms with Gasteiger partial charge in [-0.15, -0.1) is 0 Å². The minimum Gasteiger partial charge on any atom is -0.459 e. The van der Waals surface area contributed by atoms with Crippen LogP contribution in [0.3, 0.4) is 0 Å². The summed E-state index contributed by atoms with van der Waals surface area (Å²) in [5.74, 6) is 1.25. The standard InChI is InChI=1S/C17H17N3O3/c21-10-12-4-5-15(23-12)11-3-6-16-19-14(9-20(16)8-11)17(22)13-2-1-7-18-13/h3-6,8-9,13,18,21H,1-2,7,10H2/t13-/m1/s1. The van der Waals surface area contributed by atoms with Gasteiger partial charge in [0.25, 0.3) is 0 Å². The fraction of sp³-hybridized carbons (Fsp3) is 0.294. The lowest BCUT2D eigenvalue weighted by molar-refractivity contribution is 0.0948. The Balaban J connectivity index is 1.67. The zero-order chi connectivity index (χ0) is 15.8. The van der Waals surface area contributed by atoms with E-state index in [1.165, 1.54) is 0 Å². The normalized spacial score (nSPS) is 17.9. The average molecular weight is 311 g/mol. The van der Waals surface area contributed by atoms with Crippen molar-refractivity contribution >= 4 is 11.4 Å². The summed E-state index contributed by atoms with van der Waals surface area (Å²) in [6.45, 7) is 0.764. The molecule has 1 aliphatic heterocycles. The quantitative estimate of drug-likeness (QED) is 0.721. The summed E-state index contributed by atoms with van der Waals surface area (Å²) in [4.78, 5) is 16.8. The van der Waals surface area contributed by atoms with Gasteiger partial charge < -0.3 is 19.2 Å². The summed E-state index contributed by atoms with van der Waals surface area (Å²) in [6, 6.07) is 7.20. The largest absolute Gasteiger partial charge is 0.459 e. The number of nitrogens with one attached hydrogen (secondary N) is 1. The molecule has 23 heavy (non-hydrogen) atoms. The molecule has 0 aromatic carbocycles. The maximum Gasteiger partial charge on any atom is 0.199 e. The zero-order valence-electron chi connectivity index (χ0n) is 12.5. The molecule has 1 atom stereocenters. The number of rotatable bonds is 4. The highest BCUT2D eigenvalue weighted by molar-refractivity contribution is 5.99. The Bertz CT molecular complexity index is 859. The molecule has 0 amide bonds. The number of aliphatic hydroxyl groups excluding tert-OH is 1. The van der Waals surface area contributed by atoms with Crippen molar-refractivity contribution in [3.63, 3.8) is 0 Å². The summed E-state index contributed by atoms with van der Waals surface area (Å²) in [5.41, 5.74) is 2.08. The van der Waals surface area contributed by atoms with Crippen LogP contribution in [0.15, 0.2) is 41.1 Å². The van der Waals surface area contributed by atoms with Crippen LogP contribution in [0.4, 0.5) is 0 Å². The first-order valence-electron chi connectivity index (χ1n) is 7.71. The van der Waals surface area contributed by atoms with Crippen molar-refractivity contribution in [1.82, 2.24) is 14.7 Å². The van der Waals surface area contributed by atoms with E-state index in [1.54, 1.807) is 12.3 Å². The molecule has 4 rings (SSSR count). The van der Waals surface area contributed by atoms with E-state index in [2.05, 4.69) is 10.3 Å². The Kier molecular flexibility index (Phi) is 3.48. The van der Waals surface area contributed by atoms with Gasteiger partial charge in [0.1, 0.15) is 29.5 Å². The number of nitrogens with zero attached hydrogens (tertiary/aromatic N) is 2. The van der Waals surface area contributed by atoms with Gasteiger partial charge >= 0.3 is 0 Å². The summed E-state index contributed by atoms with van der Waals surface area (Å²) >= 11 is 0. The molecular formula is C17H17N3O3. The first-order chi connectivity index (χ1) is 11.2. The van der Waals surface area contributed by atoms with Gasteiger partial charge in [-0.1, -0.05) is 0 Å². The topological polar surface area (TPSA) is 79.8 Å². The zero-order valence-corrected chi connectivity index (χ0v) is 12.5. The molecule has 4 heterocycles. The highest BCUT2D eigenvalue weighted by atomic mass is 16.4. The molecule has 0 radical (unpaired) electrons. The third-order valence-electron chi connectivity index (χ3n) is 4.18. The predicted octanol–water partition coefficient (Wildman–Crippen LogP) is 2.02. The number of imidazole rings is 1. The number of pyridine rings is 1. The molecular weight excluding hydrogens is 294 g/mol. The number of furan rings is 1. The van der Waals surface area contributed by atoms with Crippen molar-refractivity contribution in [2.75, 3.05) is 6.54 Å². The van der Waals surface area contributed by atoms with Gasteiger partial charge in [-0.25, -0.2) is 4.98 Å². The number of carbonyl (C=O) groups excluding carboxylic acids is 1. The molecule has 0 unspecified atom stereocenters. The molecule has 1 aliphatic rings. The van der Waals surface area contributed by atoms with Crippen LogP contribution in [0.2, 0.25) is 0 Å². The lowest BCUT2D eigenvalue weighted by Gasteiger charge is -2.05. The number of aliphatic hydroxyl groups is 1. The Morgan fingerprint density at radius 3 is 3.00 bits per heavy atom. The number of carbonyl (C=O) groups is 1. The van der Waals surface area contributed by atoms with Gasteiger partial charge in [-0.2, -0.15) is 0 Å². The van der Waals surface area contributed by atoms with E-state index >= 15 is 0 Å². The molecule has 1 fully saturated rings. The van der Waals surface area contributed by atoms with E-state index in [0.29, 0.717) is 17.2 Å². The van der Waals surface area contributed by atoms with Gasteiger partial charge in [0.15, 0.2) is 5.78 Å². The second kappa shape index (κ2) is 5.64. The van der Waals surface area contributed by atoms with E-state index in [1.807, 2.05) is 28.8 Å². The van der Waals surface area contributed by atoms with Crippen molar-refractivity contribution in [2.24, 2.45) is 0 Å². The number of hydrogen-bond donors (Lipinski definition) is 2. The highest BCUT2D eigenvalue weighted by Gasteiger charge is 2.25. The van der Waals surface area contributed by atoms with Gasteiger partial charge in [0, 0.05) is 18.0 Å². The molecule has 118 valence electrons. The van der Waals surface area contributed by atoms with Crippen molar-refractivity contribution in [3.8, 4) is 11.3 Å². The van der Waals surface area contributed by atoms with Crippen LogP contribution in [0.25, 0.3) is 17.0 Å². The fourth-order valence-corrected chi connectivity index (χ4v) is 2.96. The van der Waals surface area contributed by atoms with Gasteiger partial charge in [-0.05, 0) is 43.7 Å². The van der Waals surface area contributed by atoms with Crippen molar-refractivity contribution in [2.45, 2.75) is 25.5 Å². The Morgan fingerprint density at radius 2 is 2.26 bits per heavy atom. The number of fused-ring (bicyclic) bond motifs is 1. The molecule has 0 bridgehead atoms. The summed E-state index contributed by atoms with van der Waals surface area (Å²) < 4.78 is 7.37. The average Bonchev–Trinajstić information content (AvgIpc) is 3.32. The fourth-order valence-electron chi connectivity index (χ4n) is 2.96. The van der Waals surface area contributed by atoms with Crippen LogP contribution in [0.1, 0.15) is 29.1 Å². The Morgan fingerprint density at radius 1 is 1.35 bits per heavy atom. The SMILES string of the molecule is O=C(c1cn2cc(-c3ccc(CO)o3)ccc2n1)[C@H]1CCCN1. The number of aromatic nitrogens is 2. The second-order valence-electron chi connectivity index (χ2n) is 5.75. The number of hydrogen-bond acceptors (Lipinski definition) is 5. The molecule has 6 nitrogen and oxygen atoms in total. The lowest BCUT2D eigenvalue weighted by atomic mass is 10.1. The van der Waals surface area contributed by atoms with Crippen LogP contribution < -0.4 is 5.32 Å². The third kappa shape index (κ3) is 2.56. The Labute approximate surface area is 132 Å². The third-order valence-corrected chi connectivity index (χ3v) is 4.18. The van der Waals surface area contributed by atoms with Crippen molar-refractivity contribution in [1.29, 1.82) is 0 Å². The summed E-state index contributed by atoms with van der Waals surface area (Å²) in [7, 11) is 0. The van der Waals surface area contributed by atoms with E-state index in [0.717, 1.165) is 30.6 Å². The summed E-state index contributed by atoms with van der Waals surface area (Å²) in [5, 5.41) is 12.3. The molecule has 3 aromatic heterocycles. The highest BCUT2D eigenvalue weighted by Crippen LogP contribution is 2.23. The molecule has 0 spiro atoms. The molecule has 1 saturated heterocycles. The monoisotopic (exact) mass is 311 g/mol. The van der Waals surface area contributed by atoms with Crippen molar-refractivity contribution in [3.05, 3.63) is 48.1 Å². The predicted molar refractivity (Wildman–Crippen MR) is 84.2 cm³/mol. The summed E-state index contributed by atoms with van der Waals surface area (Å²) in [6.07, 6.45) is 5.53.